The van der Waals surface area contributed by atoms with Gasteiger partial charge in [0, 0.05) is 30.3 Å². The van der Waals surface area contributed by atoms with Gasteiger partial charge in [-0.3, -0.25) is 9.78 Å². The number of benzene rings is 2. The van der Waals surface area contributed by atoms with Gasteiger partial charge in [0.25, 0.3) is 5.91 Å². The highest BCUT2D eigenvalue weighted by atomic mass is 16.5. The van der Waals surface area contributed by atoms with Gasteiger partial charge in [-0.2, -0.15) is 0 Å². The van der Waals surface area contributed by atoms with E-state index in [0.717, 1.165) is 22.8 Å². The predicted molar refractivity (Wildman–Crippen MR) is 104 cm³/mol. The average molecular weight is 347 g/mol. The van der Waals surface area contributed by atoms with Crippen LogP contribution in [0.4, 0.5) is 17.1 Å². The molecule has 5 nitrogen and oxygen atoms in total. The molecule has 3 rings (SSSR count). The summed E-state index contributed by atoms with van der Waals surface area (Å²) in [5.41, 5.74) is 2.92. The number of pyridine rings is 1. The average Bonchev–Trinajstić information content (AvgIpc) is 2.69. The van der Waals surface area contributed by atoms with Crippen molar-refractivity contribution in [1.82, 2.24) is 4.98 Å². The zero-order valence-electron chi connectivity index (χ0n) is 14.8. The molecule has 1 N–H and O–H groups in total. The van der Waals surface area contributed by atoms with E-state index in [9.17, 15) is 4.79 Å². The molecule has 1 amide bonds. The van der Waals surface area contributed by atoms with E-state index < -0.39 is 0 Å². The lowest BCUT2D eigenvalue weighted by molar-refractivity contribution is 0.0988. The smallest absolute Gasteiger partial charge is 0.276 e. The van der Waals surface area contributed by atoms with Crippen molar-refractivity contribution < 1.29 is 9.53 Å². The third-order valence-corrected chi connectivity index (χ3v) is 3.88. The van der Waals surface area contributed by atoms with Gasteiger partial charge in [0.15, 0.2) is 0 Å². The Hall–Kier alpha value is -3.34. The number of amides is 1. The summed E-state index contributed by atoms with van der Waals surface area (Å²) in [6.45, 7) is 2.59. The van der Waals surface area contributed by atoms with Gasteiger partial charge in [-0.15, -0.1) is 0 Å². The van der Waals surface area contributed by atoms with E-state index in [1.54, 1.807) is 24.2 Å². The predicted octanol–water partition coefficient (Wildman–Crippen LogP) is 4.50. The van der Waals surface area contributed by atoms with Crippen LogP contribution in [0.25, 0.3) is 0 Å². The first-order chi connectivity index (χ1) is 12.7. The van der Waals surface area contributed by atoms with Crippen molar-refractivity contribution in [3.8, 4) is 5.75 Å². The molecular weight excluding hydrogens is 326 g/mol. The van der Waals surface area contributed by atoms with Crippen LogP contribution in [-0.2, 0) is 0 Å². The number of carbonyl (C=O) groups is 1. The number of aromatic nitrogens is 1. The number of ether oxygens (including phenoxy) is 1. The van der Waals surface area contributed by atoms with E-state index in [1.807, 2.05) is 67.6 Å². The monoisotopic (exact) mass is 347 g/mol. The lowest BCUT2D eigenvalue weighted by Crippen LogP contribution is -2.27. The summed E-state index contributed by atoms with van der Waals surface area (Å²) in [5.74, 6) is 0.666. The molecule has 2 aromatic carbocycles. The number of nitrogens with one attached hydrogen (secondary N) is 1. The highest BCUT2D eigenvalue weighted by Gasteiger charge is 2.15. The second kappa shape index (κ2) is 8.16. The zero-order chi connectivity index (χ0) is 18.4. The van der Waals surface area contributed by atoms with Gasteiger partial charge >= 0.3 is 0 Å². The molecule has 0 atom stereocenters. The Labute approximate surface area is 153 Å². The van der Waals surface area contributed by atoms with Crippen LogP contribution in [-0.4, -0.2) is 24.5 Å². The summed E-state index contributed by atoms with van der Waals surface area (Å²) in [6.07, 6.45) is 1.63. The standard InChI is InChI=1S/C21H21N3O2/c1-3-26-19-11-9-16(10-12-19)23-17-13-14-22-20(15-17)21(25)24(2)18-7-5-4-6-8-18/h4-15H,3H2,1-2H3,(H,22,23). The Morgan fingerprint density at radius 1 is 1.04 bits per heavy atom. The fourth-order valence-corrected chi connectivity index (χ4v) is 2.53. The lowest BCUT2D eigenvalue weighted by atomic mass is 10.2. The summed E-state index contributed by atoms with van der Waals surface area (Å²) in [7, 11) is 1.74. The number of anilines is 3. The molecule has 0 aliphatic rings. The lowest BCUT2D eigenvalue weighted by Gasteiger charge is -2.17. The number of carbonyl (C=O) groups excluding carboxylic acids is 1. The molecule has 132 valence electrons. The van der Waals surface area contributed by atoms with E-state index in [0.29, 0.717) is 12.3 Å². The van der Waals surface area contributed by atoms with E-state index in [2.05, 4.69) is 10.3 Å². The van der Waals surface area contributed by atoms with Crippen LogP contribution in [0, 0.1) is 0 Å². The van der Waals surface area contributed by atoms with Crippen molar-refractivity contribution in [3.63, 3.8) is 0 Å². The number of hydrogen-bond donors (Lipinski definition) is 1. The van der Waals surface area contributed by atoms with Crippen LogP contribution in [0.2, 0.25) is 0 Å². The molecular formula is C21H21N3O2. The van der Waals surface area contributed by atoms with E-state index in [4.69, 9.17) is 4.74 Å². The summed E-state index contributed by atoms with van der Waals surface area (Å²) in [5, 5.41) is 3.28. The molecule has 0 spiro atoms. The molecule has 1 heterocycles. The normalized spacial score (nSPS) is 10.2. The molecule has 0 aliphatic heterocycles. The summed E-state index contributed by atoms with van der Waals surface area (Å²) in [6, 6.07) is 20.7. The SMILES string of the molecule is CCOc1ccc(Nc2ccnc(C(=O)N(C)c3ccccc3)c2)cc1. The van der Waals surface area contributed by atoms with Gasteiger partial charge in [-0.25, -0.2) is 0 Å². The molecule has 5 heteroatoms. The number of para-hydroxylation sites is 1. The molecule has 26 heavy (non-hydrogen) atoms. The molecule has 0 fully saturated rings. The van der Waals surface area contributed by atoms with Gasteiger partial charge in [0.2, 0.25) is 0 Å². The summed E-state index contributed by atoms with van der Waals surface area (Å²) >= 11 is 0. The van der Waals surface area contributed by atoms with Crippen LogP contribution in [0.5, 0.6) is 5.75 Å². The van der Waals surface area contributed by atoms with Gasteiger partial charge in [-0.05, 0) is 55.5 Å². The minimum absolute atomic E-state index is 0.161. The van der Waals surface area contributed by atoms with Crippen LogP contribution in [0.15, 0.2) is 72.9 Å². The van der Waals surface area contributed by atoms with Crippen molar-refractivity contribution in [3.05, 3.63) is 78.6 Å². The third-order valence-electron chi connectivity index (χ3n) is 3.88. The number of nitrogens with zero attached hydrogens (tertiary/aromatic N) is 2. The highest BCUT2D eigenvalue weighted by Crippen LogP contribution is 2.21. The number of rotatable bonds is 6. The highest BCUT2D eigenvalue weighted by molar-refractivity contribution is 6.04. The van der Waals surface area contributed by atoms with Gasteiger partial charge in [0.1, 0.15) is 11.4 Å². The molecule has 0 saturated heterocycles. The van der Waals surface area contributed by atoms with Crippen LogP contribution >= 0.6 is 0 Å². The molecule has 0 saturated carbocycles. The van der Waals surface area contributed by atoms with Crippen LogP contribution < -0.4 is 15.0 Å². The van der Waals surface area contributed by atoms with Crippen molar-refractivity contribution in [2.45, 2.75) is 6.92 Å². The van der Waals surface area contributed by atoms with E-state index in [1.165, 1.54) is 0 Å². The Bertz CT molecular complexity index is 864. The quantitative estimate of drug-likeness (QED) is 0.713. The summed E-state index contributed by atoms with van der Waals surface area (Å²) < 4.78 is 5.44. The van der Waals surface area contributed by atoms with Gasteiger partial charge in [-0.1, -0.05) is 18.2 Å². The van der Waals surface area contributed by atoms with Crippen molar-refractivity contribution >= 4 is 23.0 Å². The fourth-order valence-electron chi connectivity index (χ4n) is 2.53. The second-order valence-corrected chi connectivity index (χ2v) is 5.71. The molecule has 1 aromatic heterocycles. The maximum absolute atomic E-state index is 12.7. The molecule has 0 aliphatic carbocycles. The fraction of sp³-hybridized carbons (Fsp3) is 0.143. The second-order valence-electron chi connectivity index (χ2n) is 5.71. The first-order valence-electron chi connectivity index (χ1n) is 8.46. The Morgan fingerprint density at radius 2 is 1.77 bits per heavy atom. The Morgan fingerprint density at radius 3 is 2.46 bits per heavy atom. The minimum Gasteiger partial charge on any atom is -0.494 e. The van der Waals surface area contributed by atoms with Crippen LogP contribution in [0.1, 0.15) is 17.4 Å². The van der Waals surface area contributed by atoms with Crippen molar-refractivity contribution in [2.75, 3.05) is 23.9 Å². The molecule has 3 aromatic rings. The van der Waals surface area contributed by atoms with Crippen molar-refractivity contribution in [2.24, 2.45) is 0 Å². The van der Waals surface area contributed by atoms with Crippen molar-refractivity contribution in [1.29, 1.82) is 0 Å². The Balaban J connectivity index is 1.74. The zero-order valence-corrected chi connectivity index (χ0v) is 14.8. The molecule has 0 radical (unpaired) electrons. The number of hydrogen-bond acceptors (Lipinski definition) is 4. The maximum atomic E-state index is 12.7. The minimum atomic E-state index is -0.161. The Kier molecular flexibility index (Phi) is 5.49. The van der Waals surface area contributed by atoms with Gasteiger partial charge in [0.05, 0.1) is 6.61 Å². The van der Waals surface area contributed by atoms with Crippen LogP contribution in [0.3, 0.4) is 0 Å². The third kappa shape index (κ3) is 4.19. The maximum Gasteiger partial charge on any atom is 0.276 e. The van der Waals surface area contributed by atoms with E-state index >= 15 is 0 Å². The molecule has 0 bridgehead atoms. The first kappa shape index (κ1) is 17.5. The van der Waals surface area contributed by atoms with Gasteiger partial charge < -0.3 is 15.0 Å². The molecule has 0 unspecified atom stereocenters. The topological polar surface area (TPSA) is 54.5 Å². The summed E-state index contributed by atoms with van der Waals surface area (Å²) in [4.78, 5) is 18.5. The largest absolute Gasteiger partial charge is 0.494 e. The first-order valence-corrected chi connectivity index (χ1v) is 8.46. The van der Waals surface area contributed by atoms with E-state index in [-0.39, 0.29) is 5.91 Å².